The molecule has 1 aromatic heterocycles. The van der Waals surface area contributed by atoms with Crippen LogP contribution in [0.2, 0.25) is 5.02 Å². The van der Waals surface area contributed by atoms with Crippen LogP contribution in [-0.4, -0.2) is 15.7 Å². The molecule has 6 heteroatoms. The van der Waals surface area contributed by atoms with Gasteiger partial charge in [0.15, 0.2) is 0 Å². The quantitative estimate of drug-likeness (QED) is 0.517. The summed E-state index contributed by atoms with van der Waals surface area (Å²) in [5, 5.41) is 5.12. The predicted octanol–water partition coefficient (Wildman–Crippen LogP) is 2.30. The van der Waals surface area contributed by atoms with E-state index in [1.165, 1.54) is 0 Å². The molecule has 0 spiro atoms. The highest BCUT2D eigenvalue weighted by atomic mass is 35.5. The Kier molecular flexibility index (Phi) is 4.65. The van der Waals surface area contributed by atoms with Gasteiger partial charge >= 0.3 is 0 Å². The van der Waals surface area contributed by atoms with E-state index in [0.29, 0.717) is 11.6 Å². The fourth-order valence-electron chi connectivity index (χ4n) is 2.19. The first-order valence-corrected chi connectivity index (χ1v) is 7.10. The molecule has 21 heavy (non-hydrogen) atoms. The second-order valence-corrected chi connectivity index (χ2v) is 5.49. The van der Waals surface area contributed by atoms with E-state index >= 15 is 0 Å². The Hall–Kier alpha value is -1.85. The average Bonchev–Trinajstić information content (AvgIpc) is 2.74. The number of nitrogens with one attached hydrogen (secondary N) is 1. The van der Waals surface area contributed by atoms with E-state index in [1.807, 2.05) is 49.7 Å². The van der Waals surface area contributed by atoms with E-state index in [4.69, 9.17) is 17.4 Å². The summed E-state index contributed by atoms with van der Waals surface area (Å²) < 4.78 is 1.88. The van der Waals surface area contributed by atoms with Gasteiger partial charge in [0.2, 0.25) is 5.91 Å². The Morgan fingerprint density at radius 3 is 2.48 bits per heavy atom. The lowest BCUT2D eigenvalue weighted by Crippen LogP contribution is -2.33. The van der Waals surface area contributed by atoms with Crippen molar-refractivity contribution in [2.45, 2.75) is 33.2 Å². The molecule has 1 aromatic carbocycles. The molecule has 3 N–H and O–H groups in total. The van der Waals surface area contributed by atoms with Gasteiger partial charge in [-0.05, 0) is 31.9 Å². The van der Waals surface area contributed by atoms with E-state index in [0.717, 1.165) is 22.5 Å². The number of nitrogens with two attached hydrogens (primary N) is 1. The van der Waals surface area contributed by atoms with Crippen LogP contribution in [0.4, 0.5) is 0 Å². The first-order valence-electron chi connectivity index (χ1n) is 6.72. The third kappa shape index (κ3) is 3.25. The molecule has 0 bridgehead atoms. The summed E-state index contributed by atoms with van der Waals surface area (Å²) in [6.07, 6.45) is 0. The fourth-order valence-corrected chi connectivity index (χ4v) is 2.33. The second-order valence-electron chi connectivity index (χ2n) is 5.11. The third-order valence-corrected chi connectivity index (χ3v) is 4.19. The molecule has 2 rings (SSSR count). The zero-order valence-electron chi connectivity index (χ0n) is 12.4. The number of amides is 1. The molecule has 1 heterocycles. The molecular formula is C15H19ClN4O. The van der Waals surface area contributed by atoms with Gasteiger partial charge in [-0.1, -0.05) is 35.9 Å². The third-order valence-electron chi connectivity index (χ3n) is 3.64. The van der Waals surface area contributed by atoms with Gasteiger partial charge < -0.3 is 0 Å². The summed E-state index contributed by atoms with van der Waals surface area (Å²) in [4.78, 5) is 11.5. The predicted molar refractivity (Wildman–Crippen MR) is 83.0 cm³/mol. The van der Waals surface area contributed by atoms with Crippen molar-refractivity contribution in [3.63, 3.8) is 0 Å². The number of rotatable bonds is 4. The van der Waals surface area contributed by atoms with Crippen molar-refractivity contribution in [1.29, 1.82) is 0 Å². The first-order chi connectivity index (χ1) is 9.93. The number of carbonyl (C=O) groups excluding carboxylic acids is 1. The molecule has 0 aliphatic heterocycles. The lowest BCUT2D eigenvalue weighted by atomic mass is 9.99. The van der Waals surface area contributed by atoms with Gasteiger partial charge in [-0.15, -0.1) is 0 Å². The Labute approximate surface area is 129 Å². The van der Waals surface area contributed by atoms with Crippen molar-refractivity contribution in [2.24, 2.45) is 5.84 Å². The summed E-state index contributed by atoms with van der Waals surface area (Å²) in [7, 11) is 0. The van der Waals surface area contributed by atoms with Gasteiger partial charge in [0.25, 0.3) is 0 Å². The van der Waals surface area contributed by atoms with Gasteiger partial charge in [-0.3, -0.25) is 14.9 Å². The van der Waals surface area contributed by atoms with E-state index < -0.39 is 0 Å². The standard InChI is InChI=1S/C15H19ClN4O/c1-9(15(21)18-17)13-6-4-12(5-7-13)8-20-11(3)14(16)10(2)19-20/h4-7,9H,8,17H2,1-3H3,(H,18,21). The SMILES string of the molecule is Cc1nn(Cc2ccc(C(C)C(=O)NN)cc2)c(C)c1Cl. The molecule has 1 amide bonds. The Morgan fingerprint density at radius 2 is 2.00 bits per heavy atom. The molecule has 0 aliphatic rings. The zero-order chi connectivity index (χ0) is 15.6. The summed E-state index contributed by atoms with van der Waals surface area (Å²) in [5.41, 5.74) is 5.97. The molecule has 5 nitrogen and oxygen atoms in total. The number of benzene rings is 1. The molecule has 112 valence electrons. The van der Waals surface area contributed by atoms with Gasteiger partial charge in [-0.2, -0.15) is 5.10 Å². The van der Waals surface area contributed by atoms with Crippen LogP contribution in [-0.2, 0) is 11.3 Å². The van der Waals surface area contributed by atoms with Crippen LogP contribution in [0.5, 0.6) is 0 Å². The highest BCUT2D eigenvalue weighted by Crippen LogP contribution is 2.21. The van der Waals surface area contributed by atoms with Crippen molar-refractivity contribution in [2.75, 3.05) is 0 Å². The Morgan fingerprint density at radius 1 is 1.38 bits per heavy atom. The van der Waals surface area contributed by atoms with Gasteiger partial charge in [0.1, 0.15) is 0 Å². The number of halogens is 1. The topological polar surface area (TPSA) is 72.9 Å². The van der Waals surface area contributed by atoms with E-state index in [1.54, 1.807) is 0 Å². The maximum absolute atomic E-state index is 11.5. The molecule has 0 aliphatic carbocycles. The smallest absolute Gasteiger partial charge is 0.241 e. The van der Waals surface area contributed by atoms with Crippen LogP contribution >= 0.6 is 11.6 Å². The van der Waals surface area contributed by atoms with Crippen LogP contribution < -0.4 is 11.3 Å². The molecule has 0 fully saturated rings. The minimum atomic E-state index is -0.271. The van der Waals surface area contributed by atoms with Crippen LogP contribution in [0.15, 0.2) is 24.3 Å². The summed E-state index contributed by atoms with van der Waals surface area (Å²) >= 11 is 6.14. The zero-order valence-corrected chi connectivity index (χ0v) is 13.1. The summed E-state index contributed by atoms with van der Waals surface area (Å²) in [6, 6.07) is 7.84. The maximum Gasteiger partial charge on any atom is 0.241 e. The lowest BCUT2D eigenvalue weighted by molar-refractivity contribution is -0.122. The van der Waals surface area contributed by atoms with Crippen molar-refractivity contribution in [3.05, 3.63) is 51.8 Å². The van der Waals surface area contributed by atoms with E-state index in [9.17, 15) is 4.79 Å². The van der Waals surface area contributed by atoms with Crippen LogP contribution in [0.3, 0.4) is 0 Å². The average molecular weight is 307 g/mol. The molecule has 1 atom stereocenters. The van der Waals surface area contributed by atoms with Crippen molar-refractivity contribution >= 4 is 17.5 Å². The second kappa shape index (κ2) is 6.28. The van der Waals surface area contributed by atoms with Crippen molar-refractivity contribution in [3.8, 4) is 0 Å². The molecule has 1 unspecified atom stereocenters. The highest BCUT2D eigenvalue weighted by Gasteiger charge is 2.14. The van der Waals surface area contributed by atoms with Gasteiger partial charge in [-0.25, -0.2) is 5.84 Å². The number of hydrogen-bond donors (Lipinski definition) is 2. The lowest BCUT2D eigenvalue weighted by Gasteiger charge is -2.11. The Balaban J connectivity index is 2.16. The number of hydrazine groups is 1. The largest absolute Gasteiger partial charge is 0.294 e. The monoisotopic (exact) mass is 306 g/mol. The number of aromatic nitrogens is 2. The minimum absolute atomic E-state index is 0.201. The molecular weight excluding hydrogens is 288 g/mol. The number of nitrogens with zero attached hydrogens (tertiary/aromatic N) is 2. The Bertz CT molecular complexity index is 648. The minimum Gasteiger partial charge on any atom is -0.294 e. The number of hydrogen-bond acceptors (Lipinski definition) is 3. The van der Waals surface area contributed by atoms with E-state index in [2.05, 4.69) is 10.5 Å². The molecule has 2 aromatic rings. The maximum atomic E-state index is 11.5. The van der Waals surface area contributed by atoms with Gasteiger partial charge in [0, 0.05) is 0 Å². The first kappa shape index (κ1) is 15.5. The molecule has 0 saturated carbocycles. The number of carbonyl (C=O) groups is 1. The van der Waals surface area contributed by atoms with Crippen molar-refractivity contribution in [1.82, 2.24) is 15.2 Å². The fraction of sp³-hybridized carbons (Fsp3) is 0.333. The summed E-state index contributed by atoms with van der Waals surface area (Å²) in [6.45, 7) is 6.31. The normalized spacial score (nSPS) is 12.2. The highest BCUT2D eigenvalue weighted by molar-refractivity contribution is 6.31. The van der Waals surface area contributed by atoms with Crippen LogP contribution in [0.25, 0.3) is 0 Å². The van der Waals surface area contributed by atoms with Crippen molar-refractivity contribution < 1.29 is 4.79 Å². The molecule has 0 saturated heterocycles. The van der Waals surface area contributed by atoms with Crippen LogP contribution in [0, 0.1) is 13.8 Å². The van der Waals surface area contributed by atoms with E-state index in [-0.39, 0.29) is 11.8 Å². The van der Waals surface area contributed by atoms with Gasteiger partial charge in [0.05, 0.1) is 28.9 Å². The van der Waals surface area contributed by atoms with Crippen LogP contribution in [0.1, 0.15) is 35.4 Å². The molecule has 0 radical (unpaired) electrons. The summed E-state index contributed by atoms with van der Waals surface area (Å²) in [5.74, 6) is 4.68. The number of aryl methyl sites for hydroxylation is 1.